The Morgan fingerprint density at radius 1 is 1.25 bits per heavy atom. The smallest absolute Gasteiger partial charge is 0.0881 e. The van der Waals surface area contributed by atoms with Gasteiger partial charge < -0.3 is 4.74 Å². The Morgan fingerprint density at radius 2 is 1.95 bits per heavy atom. The number of benzene rings is 1. The van der Waals surface area contributed by atoms with Gasteiger partial charge in [0, 0.05) is 18.7 Å². The molecule has 0 spiro atoms. The third kappa shape index (κ3) is 2.42. The van der Waals surface area contributed by atoms with Gasteiger partial charge in [0.25, 0.3) is 0 Å². The minimum absolute atomic E-state index is 0.0962. The second-order valence-corrected chi connectivity index (χ2v) is 5.00. The molecule has 0 amide bonds. The van der Waals surface area contributed by atoms with Crippen molar-refractivity contribution in [2.75, 3.05) is 7.11 Å². The van der Waals surface area contributed by atoms with Gasteiger partial charge in [-0.2, -0.15) is 0 Å². The van der Waals surface area contributed by atoms with E-state index in [4.69, 9.17) is 10.6 Å². The van der Waals surface area contributed by atoms with Crippen molar-refractivity contribution in [2.45, 2.75) is 38.3 Å². The summed E-state index contributed by atoms with van der Waals surface area (Å²) in [6, 6.07) is 10.1. The molecule has 0 aliphatic carbocycles. The first-order valence-electron chi connectivity index (χ1n) is 7.07. The Bertz CT molecular complexity index is 553. The predicted molar refractivity (Wildman–Crippen MR) is 82.1 cm³/mol. The van der Waals surface area contributed by atoms with Crippen LogP contribution in [0.25, 0.3) is 10.9 Å². The average molecular weight is 273 g/mol. The lowest BCUT2D eigenvalue weighted by Gasteiger charge is -2.38. The monoisotopic (exact) mass is 273 g/mol. The van der Waals surface area contributed by atoms with Crippen molar-refractivity contribution >= 4 is 10.9 Å². The molecule has 4 heteroatoms. The largest absolute Gasteiger partial charge is 0.376 e. The Hall–Kier alpha value is -1.49. The van der Waals surface area contributed by atoms with Gasteiger partial charge in [-0.25, -0.2) is 5.43 Å². The first-order valence-corrected chi connectivity index (χ1v) is 7.07. The van der Waals surface area contributed by atoms with Crippen LogP contribution < -0.4 is 11.3 Å². The number of methoxy groups -OCH3 is 1. The molecule has 0 bridgehead atoms. The van der Waals surface area contributed by atoms with Crippen LogP contribution in [0, 0.1) is 0 Å². The number of rotatable bonds is 6. The Labute approximate surface area is 120 Å². The molecule has 2 rings (SSSR count). The van der Waals surface area contributed by atoms with E-state index in [2.05, 4.69) is 42.5 Å². The molecule has 0 fully saturated rings. The van der Waals surface area contributed by atoms with Crippen LogP contribution in [0.15, 0.2) is 36.5 Å². The van der Waals surface area contributed by atoms with Gasteiger partial charge in [0.05, 0.1) is 17.2 Å². The summed E-state index contributed by atoms with van der Waals surface area (Å²) in [6.45, 7) is 4.24. The molecular weight excluding hydrogens is 250 g/mol. The van der Waals surface area contributed by atoms with Gasteiger partial charge in [-0.15, -0.1) is 0 Å². The van der Waals surface area contributed by atoms with Gasteiger partial charge in [-0.3, -0.25) is 10.8 Å². The highest BCUT2D eigenvalue weighted by atomic mass is 16.5. The summed E-state index contributed by atoms with van der Waals surface area (Å²) in [5.41, 5.74) is 4.66. The van der Waals surface area contributed by atoms with Crippen molar-refractivity contribution in [3.8, 4) is 0 Å². The molecule has 1 unspecified atom stereocenters. The van der Waals surface area contributed by atoms with Crippen LogP contribution in [0.1, 0.15) is 38.3 Å². The van der Waals surface area contributed by atoms with Gasteiger partial charge in [0.15, 0.2) is 0 Å². The van der Waals surface area contributed by atoms with Crippen LogP contribution in [-0.4, -0.2) is 17.7 Å². The average Bonchev–Trinajstić information content (AvgIpc) is 2.52. The van der Waals surface area contributed by atoms with Gasteiger partial charge in [-0.1, -0.05) is 38.1 Å². The zero-order chi connectivity index (χ0) is 14.6. The Balaban J connectivity index is 2.60. The number of hydrogen-bond donors (Lipinski definition) is 2. The van der Waals surface area contributed by atoms with Crippen molar-refractivity contribution in [1.82, 2.24) is 10.4 Å². The third-order valence-electron chi connectivity index (χ3n) is 4.27. The Morgan fingerprint density at radius 3 is 2.55 bits per heavy atom. The second kappa shape index (κ2) is 6.31. The van der Waals surface area contributed by atoms with Crippen LogP contribution in [0.4, 0.5) is 0 Å². The van der Waals surface area contributed by atoms with Crippen LogP contribution in [0.2, 0.25) is 0 Å². The van der Waals surface area contributed by atoms with Crippen molar-refractivity contribution in [3.63, 3.8) is 0 Å². The van der Waals surface area contributed by atoms with Gasteiger partial charge >= 0.3 is 0 Å². The molecule has 1 atom stereocenters. The van der Waals surface area contributed by atoms with E-state index in [1.807, 2.05) is 18.3 Å². The van der Waals surface area contributed by atoms with Crippen LogP contribution >= 0.6 is 0 Å². The summed E-state index contributed by atoms with van der Waals surface area (Å²) < 4.78 is 5.82. The summed E-state index contributed by atoms with van der Waals surface area (Å²) in [7, 11) is 1.75. The fraction of sp³-hybridized carbons (Fsp3) is 0.438. The highest BCUT2D eigenvalue weighted by molar-refractivity contribution is 5.82. The van der Waals surface area contributed by atoms with Gasteiger partial charge in [0.1, 0.15) is 0 Å². The van der Waals surface area contributed by atoms with Gasteiger partial charge in [-0.05, 0) is 24.5 Å². The maximum Gasteiger partial charge on any atom is 0.0881 e. The van der Waals surface area contributed by atoms with E-state index in [0.717, 1.165) is 29.3 Å². The highest BCUT2D eigenvalue weighted by Gasteiger charge is 2.37. The first kappa shape index (κ1) is 14.9. The number of nitrogens with zero attached hydrogens (tertiary/aromatic N) is 1. The van der Waals surface area contributed by atoms with E-state index in [0.29, 0.717) is 0 Å². The number of para-hydroxylation sites is 1. The lowest BCUT2D eigenvalue weighted by Crippen LogP contribution is -2.47. The quantitative estimate of drug-likeness (QED) is 0.627. The molecule has 0 radical (unpaired) electrons. The second-order valence-electron chi connectivity index (χ2n) is 5.00. The third-order valence-corrected chi connectivity index (χ3v) is 4.27. The number of hydrazine groups is 1. The molecule has 3 N–H and O–H groups in total. The van der Waals surface area contributed by atoms with Gasteiger partial charge in [0.2, 0.25) is 0 Å². The molecule has 108 valence electrons. The van der Waals surface area contributed by atoms with E-state index >= 15 is 0 Å². The Kier molecular flexibility index (Phi) is 4.70. The SMILES string of the molecule is CCC(CC)(OC)C(NN)c1cccc2cccnc12. The summed E-state index contributed by atoms with van der Waals surface area (Å²) in [4.78, 5) is 4.52. The lowest BCUT2D eigenvalue weighted by molar-refractivity contribution is -0.0483. The fourth-order valence-electron chi connectivity index (χ4n) is 2.95. The molecule has 0 saturated carbocycles. The number of nitrogens with one attached hydrogen (secondary N) is 1. The van der Waals surface area contributed by atoms with E-state index in [1.165, 1.54) is 0 Å². The van der Waals surface area contributed by atoms with E-state index in [-0.39, 0.29) is 11.6 Å². The highest BCUT2D eigenvalue weighted by Crippen LogP contribution is 2.36. The maximum absolute atomic E-state index is 5.85. The van der Waals surface area contributed by atoms with Crippen molar-refractivity contribution in [2.24, 2.45) is 5.84 Å². The summed E-state index contributed by atoms with van der Waals surface area (Å²) in [5, 5.41) is 1.11. The van der Waals surface area contributed by atoms with Crippen molar-refractivity contribution < 1.29 is 4.74 Å². The van der Waals surface area contributed by atoms with Crippen LogP contribution in [-0.2, 0) is 4.74 Å². The molecule has 4 nitrogen and oxygen atoms in total. The van der Waals surface area contributed by atoms with Crippen LogP contribution in [0.5, 0.6) is 0 Å². The topological polar surface area (TPSA) is 60.2 Å². The lowest BCUT2D eigenvalue weighted by atomic mass is 9.83. The summed E-state index contributed by atoms with van der Waals surface area (Å²) >= 11 is 0. The molecule has 20 heavy (non-hydrogen) atoms. The standard InChI is InChI=1S/C16H23N3O/c1-4-16(5-2,20-3)15(19-17)13-10-6-8-12-9-7-11-18-14(12)13/h6-11,15,19H,4-5,17H2,1-3H3. The number of nitrogens with two attached hydrogens (primary N) is 1. The summed E-state index contributed by atoms with van der Waals surface area (Å²) in [6.07, 6.45) is 3.56. The molecular formula is C16H23N3O. The van der Waals surface area contributed by atoms with Crippen molar-refractivity contribution in [1.29, 1.82) is 0 Å². The number of pyridine rings is 1. The zero-order valence-corrected chi connectivity index (χ0v) is 12.4. The van der Waals surface area contributed by atoms with E-state index < -0.39 is 0 Å². The molecule has 1 aromatic heterocycles. The predicted octanol–water partition coefficient (Wildman–Crippen LogP) is 2.94. The molecule has 0 saturated heterocycles. The van der Waals surface area contributed by atoms with E-state index in [1.54, 1.807) is 7.11 Å². The number of hydrogen-bond acceptors (Lipinski definition) is 4. The number of ether oxygens (including phenoxy) is 1. The minimum atomic E-state index is -0.333. The number of fused-ring (bicyclic) bond motifs is 1. The molecule has 0 aliphatic rings. The fourth-order valence-corrected chi connectivity index (χ4v) is 2.95. The maximum atomic E-state index is 5.85. The summed E-state index contributed by atoms with van der Waals surface area (Å²) in [5.74, 6) is 5.85. The minimum Gasteiger partial charge on any atom is -0.376 e. The first-order chi connectivity index (χ1) is 9.72. The zero-order valence-electron chi connectivity index (χ0n) is 12.4. The van der Waals surface area contributed by atoms with E-state index in [9.17, 15) is 0 Å². The molecule has 1 aromatic carbocycles. The normalized spacial score (nSPS) is 13.6. The molecule has 1 heterocycles. The molecule has 0 aliphatic heterocycles. The van der Waals surface area contributed by atoms with Crippen LogP contribution in [0.3, 0.4) is 0 Å². The molecule has 2 aromatic rings. The van der Waals surface area contributed by atoms with Crippen molar-refractivity contribution in [3.05, 3.63) is 42.1 Å². The number of aromatic nitrogens is 1.